The lowest BCUT2D eigenvalue weighted by atomic mass is 10.1. The predicted octanol–water partition coefficient (Wildman–Crippen LogP) is 5.26. The van der Waals surface area contributed by atoms with Crippen molar-refractivity contribution in [3.63, 3.8) is 0 Å². The van der Waals surface area contributed by atoms with Gasteiger partial charge in [0.05, 0.1) is 23.9 Å². The third kappa shape index (κ3) is 5.38. The number of fused-ring (bicyclic) bond motifs is 1. The molecule has 0 saturated carbocycles. The lowest BCUT2D eigenvalue weighted by Gasteiger charge is -2.20. The Kier molecular flexibility index (Phi) is 6.45. The highest BCUT2D eigenvalue weighted by molar-refractivity contribution is 14.1. The number of carbonyl (C=O) groups is 2. The number of aromatic nitrogens is 1. The average molecular weight is 519 g/mol. The summed E-state index contributed by atoms with van der Waals surface area (Å²) in [6, 6.07) is 13.1. The Morgan fingerprint density at radius 1 is 1.10 bits per heavy atom. The molecule has 0 aliphatic carbocycles. The van der Waals surface area contributed by atoms with E-state index in [4.69, 9.17) is 9.47 Å². The molecule has 156 valence electrons. The molecular weight excluding hydrogens is 497 g/mol. The number of benzene rings is 2. The SMILES string of the molecule is COc1cccc(Nc2c(C(=O)NC(=O)OC(C)(C)C)cnc3ccc(I)cc23)c1. The molecule has 0 saturated heterocycles. The highest BCUT2D eigenvalue weighted by atomic mass is 127. The van der Waals surface area contributed by atoms with Crippen LogP contribution in [0.4, 0.5) is 16.2 Å². The summed E-state index contributed by atoms with van der Waals surface area (Å²) >= 11 is 2.20. The molecular formula is C22H22IN3O4. The third-order valence-electron chi connectivity index (χ3n) is 4.03. The van der Waals surface area contributed by atoms with Crippen molar-refractivity contribution in [1.29, 1.82) is 0 Å². The minimum Gasteiger partial charge on any atom is -0.497 e. The van der Waals surface area contributed by atoms with Crippen molar-refractivity contribution >= 4 is 56.9 Å². The van der Waals surface area contributed by atoms with E-state index in [9.17, 15) is 9.59 Å². The van der Waals surface area contributed by atoms with Gasteiger partial charge in [0.15, 0.2) is 0 Å². The second kappa shape index (κ2) is 8.86. The van der Waals surface area contributed by atoms with Gasteiger partial charge >= 0.3 is 6.09 Å². The lowest BCUT2D eigenvalue weighted by Crippen LogP contribution is -2.36. The number of alkyl carbamates (subject to hydrolysis) is 1. The zero-order chi connectivity index (χ0) is 21.9. The largest absolute Gasteiger partial charge is 0.497 e. The molecule has 1 aromatic heterocycles. The number of methoxy groups -OCH3 is 1. The summed E-state index contributed by atoms with van der Waals surface area (Å²) in [6.07, 6.45) is 0.625. The minimum absolute atomic E-state index is 0.221. The molecule has 8 heteroatoms. The van der Waals surface area contributed by atoms with Gasteiger partial charge in [0.2, 0.25) is 0 Å². The maximum absolute atomic E-state index is 12.9. The summed E-state index contributed by atoms with van der Waals surface area (Å²) in [5.74, 6) is 0.0654. The van der Waals surface area contributed by atoms with E-state index in [-0.39, 0.29) is 5.56 Å². The number of nitrogens with one attached hydrogen (secondary N) is 2. The highest BCUT2D eigenvalue weighted by Gasteiger charge is 2.22. The molecule has 1 heterocycles. The molecule has 2 N–H and O–H groups in total. The number of hydrogen-bond acceptors (Lipinski definition) is 6. The van der Waals surface area contributed by atoms with Gasteiger partial charge in [-0.1, -0.05) is 6.07 Å². The van der Waals surface area contributed by atoms with Gasteiger partial charge in [0.25, 0.3) is 5.91 Å². The van der Waals surface area contributed by atoms with Gasteiger partial charge in [-0.25, -0.2) is 4.79 Å². The van der Waals surface area contributed by atoms with Crippen LogP contribution in [0.5, 0.6) is 5.75 Å². The fourth-order valence-corrected chi connectivity index (χ4v) is 3.27. The summed E-state index contributed by atoms with van der Waals surface area (Å²) in [5.41, 5.74) is 1.48. The van der Waals surface area contributed by atoms with Gasteiger partial charge < -0.3 is 14.8 Å². The first-order valence-corrected chi connectivity index (χ1v) is 10.3. The summed E-state index contributed by atoms with van der Waals surface area (Å²) in [5, 5.41) is 6.31. The monoisotopic (exact) mass is 519 g/mol. The summed E-state index contributed by atoms with van der Waals surface area (Å²) in [7, 11) is 1.59. The Labute approximate surface area is 188 Å². The Bertz CT molecular complexity index is 1110. The van der Waals surface area contributed by atoms with E-state index in [1.165, 1.54) is 6.20 Å². The Hall–Kier alpha value is -2.88. The molecule has 2 amide bonds. The van der Waals surface area contributed by atoms with Crippen LogP contribution < -0.4 is 15.4 Å². The second-order valence-corrected chi connectivity index (χ2v) is 8.77. The topological polar surface area (TPSA) is 89.6 Å². The Balaban J connectivity index is 2.04. The fraction of sp³-hybridized carbons (Fsp3) is 0.227. The molecule has 2 aromatic carbocycles. The van der Waals surface area contributed by atoms with Crippen molar-refractivity contribution in [3.05, 3.63) is 57.8 Å². The average Bonchev–Trinajstić information content (AvgIpc) is 2.67. The number of carbonyl (C=O) groups excluding carboxylic acids is 2. The van der Waals surface area contributed by atoms with Crippen molar-refractivity contribution in [2.75, 3.05) is 12.4 Å². The van der Waals surface area contributed by atoms with Crippen LogP contribution in [0.2, 0.25) is 0 Å². The number of amides is 2. The number of rotatable bonds is 4. The molecule has 0 aliphatic heterocycles. The van der Waals surface area contributed by atoms with Crippen LogP contribution >= 0.6 is 22.6 Å². The zero-order valence-corrected chi connectivity index (χ0v) is 19.2. The molecule has 0 fully saturated rings. The van der Waals surface area contributed by atoms with Crippen molar-refractivity contribution < 1.29 is 19.1 Å². The van der Waals surface area contributed by atoms with E-state index in [0.29, 0.717) is 11.4 Å². The van der Waals surface area contributed by atoms with Crippen LogP contribution in [0, 0.1) is 3.57 Å². The van der Waals surface area contributed by atoms with Crippen LogP contribution in [0.3, 0.4) is 0 Å². The number of anilines is 2. The summed E-state index contributed by atoms with van der Waals surface area (Å²) < 4.78 is 11.5. The molecule has 0 radical (unpaired) electrons. The van der Waals surface area contributed by atoms with Crippen LogP contribution in [0.1, 0.15) is 31.1 Å². The van der Waals surface area contributed by atoms with E-state index in [0.717, 1.165) is 20.2 Å². The first-order valence-electron chi connectivity index (χ1n) is 9.20. The van der Waals surface area contributed by atoms with Crippen LogP contribution in [-0.4, -0.2) is 29.7 Å². The maximum atomic E-state index is 12.9. The minimum atomic E-state index is -0.817. The van der Waals surface area contributed by atoms with Gasteiger partial charge in [-0.2, -0.15) is 0 Å². The van der Waals surface area contributed by atoms with Crippen molar-refractivity contribution in [1.82, 2.24) is 10.3 Å². The van der Waals surface area contributed by atoms with Gasteiger partial charge in [0, 0.05) is 26.9 Å². The first kappa shape index (κ1) is 21.8. The normalized spacial score (nSPS) is 11.1. The molecule has 0 bridgehead atoms. The van der Waals surface area contributed by atoms with Gasteiger partial charge in [-0.3, -0.25) is 15.1 Å². The molecule has 0 unspecified atom stereocenters. The van der Waals surface area contributed by atoms with Gasteiger partial charge in [-0.15, -0.1) is 0 Å². The van der Waals surface area contributed by atoms with E-state index < -0.39 is 17.6 Å². The molecule has 0 atom stereocenters. The molecule has 3 aromatic rings. The van der Waals surface area contributed by atoms with E-state index in [2.05, 4.69) is 38.2 Å². The van der Waals surface area contributed by atoms with Crippen molar-refractivity contribution in [3.8, 4) is 5.75 Å². The smallest absolute Gasteiger partial charge is 0.414 e. The van der Waals surface area contributed by atoms with Crippen molar-refractivity contribution in [2.45, 2.75) is 26.4 Å². The van der Waals surface area contributed by atoms with E-state index in [1.54, 1.807) is 27.9 Å². The third-order valence-corrected chi connectivity index (χ3v) is 4.70. The quantitative estimate of drug-likeness (QED) is 0.458. The lowest BCUT2D eigenvalue weighted by molar-refractivity contribution is 0.0508. The van der Waals surface area contributed by atoms with E-state index in [1.807, 2.05) is 42.5 Å². The molecule has 3 rings (SSSR count). The molecule has 7 nitrogen and oxygen atoms in total. The van der Waals surface area contributed by atoms with Gasteiger partial charge in [-0.05, 0) is 73.7 Å². The second-order valence-electron chi connectivity index (χ2n) is 7.52. The number of hydrogen-bond donors (Lipinski definition) is 2. The maximum Gasteiger partial charge on any atom is 0.414 e. The predicted molar refractivity (Wildman–Crippen MR) is 124 cm³/mol. The number of imide groups is 1. The van der Waals surface area contributed by atoms with E-state index >= 15 is 0 Å². The Morgan fingerprint density at radius 2 is 1.87 bits per heavy atom. The molecule has 0 spiro atoms. The zero-order valence-electron chi connectivity index (χ0n) is 17.1. The molecule has 30 heavy (non-hydrogen) atoms. The van der Waals surface area contributed by atoms with Crippen LogP contribution in [-0.2, 0) is 4.74 Å². The number of nitrogens with zero attached hydrogens (tertiary/aromatic N) is 1. The first-order chi connectivity index (χ1) is 14.2. The van der Waals surface area contributed by atoms with Gasteiger partial charge in [0.1, 0.15) is 11.4 Å². The van der Waals surface area contributed by atoms with Crippen LogP contribution in [0.15, 0.2) is 48.7 Å². The van der Waals surface area contributed by atoms with Crippen molar-refractivity contribution in [2.24, 2.45) is 0 Å². The summed E-state index contributed by atoms with van der Waals surface area (Å²) in [4.78, 5) is 29.4. The molecule has 0 aliphatic rings. The summed E-state index contributed by atoms with van der Waals surface area (Å²) in [6.45, 7) is 5.19. The number of pyridine rings is 1. The Morgan fingerprint density at radius 3 is 2.57 bits per heavy atom. The highest BCUT2D eigenvalue weighted by Crippen LogP contribution is 2.31. The number of halogens is 1. The fourth-order valence-electron chi connectivity index (χ4n) is 2.78. The number of ether oxygens (including phenoxy) is 2. The standard InChI is InChI=1S/C22H22IN3O4/c1-22(2,3)30-21(28)26-20(27)17-12-24-18-9-8-13(23)10-16(18)19(17)25-14-6-5-7-15(11-14)29-4/h5-12H,1-4H3,(H,24,25)(H,26,27,28). The van der Waals surface area contributed by atoms with Crippen LogP contribution in [0.25, 0.3) is 10.9 Å².